The molecular weight excluding hydrogens is 509 g/mol. The lowest BCUT2D eigenvalue weighted by molar-refractivity contribution is -0.146. The predicted octanol–water partition coefficient (Wildman–Crippen LogP) is 3.99. The van der Waals surface area contributed by atoms with E-state index in [1.54, 1.807) is 24.0 Å². The normalized spacial score (nSPS) is 23.4. The van der Waals surface area contributed by atoms with Crippen molar-refractivity contribution in [3.05, 3.63) is 53.3 Å². The first kappa shape index (κ1) is 27.4. The van der Waals surface area contributed by atoms with Gasteiger partial charge in [0.25, 0.3) is 0 Å². The number of nitrogens with one attached hydrogen (secondary N) is 2. The molecule has 1 unspecified atom stereocenters. The number of alkyl halides is 3. The summed E-state index contributed by atoms with van der Waals surface area (Å²) in [5.41, 5.74) is 1.81. The highest BCUT2D eigenvalue weighted by atomic mass is 19.4. The summed E-state index contributed by atoms with van der Waals surface area (Å²) >= 11 is 0. The van der Waals surface area contributed by atoms with Crippen LogP contribution in [0.1, 0.15) is 55.3 Å². The number of likely N-dealkylation sites (tertiary alicyclic amines) is 1. The number of aliphatic hydroxyl groups is 1. The second-order valence-corrected chi connectivity index (χ2v) is 11.0. The van der Waals surface area contributed by atoms with E-state index in [9.17, 15) is 23.1 Å². The second kappa shape index (κ2) is 10.4. The number of benzene rings is 1. The monoisotopic (exact) mass is 544 g/mol. The summed E-state index contributed by atoms with van der Waals surface area (Å²) < 4.78 is 41.2. The van der Waals surface area contributed by atoms with E-state index < -0.39 is 17.7 Å². The molecule has 3 heterocycles. The molecule has 8 nitrogen and oxygen atoms in total. The number of aromatic nitrogens is 3. The summed E-state index contributed by atoms with van der Waals surface area (Å²) in [4.78, 5) is 19.3. The molecule has 1 aromatic carbocycles. The molecular formula is C28H35F3N6O2. The summed E-state index contributed by atoms with van der Waals surface area (Å²) in [6.45, 7) is 4.55. The molecule has 39 heavy (non-hydrogen) atoms. The molecule has 1 saturated heterocycles. The van der Waals surface area contributed by atoms with E-state index in [0.29, 0.717) is 35.6 Å². The van der Waals surface area contributed by atoms with E-state index in [4.69, 9.17) is 0 Å². The zero-order valence-electron chi connectivity index (χ0n) is 22.4. The van der Waals surface area contributed by atoms with Crippen molar-refractivity contribution in [2.45, 2.75) is 69.3 Å². The third-order valence-corrected chi connectivity index (χ3v) is 8.30. The number of aryl methyl sites for hydroxylation is 2. The number of anilines is 1. The average molecular weight is 545 g/mol. The van der Waals surface area contributed by atoms with Gasteiger partial charge >= 0.3 is 6.18 Å². The molecule has 1 atom stereocenters. The Morgan fingerprint density at radius 2 is 1.92 bits per heavy atom. The van der Waals surface area contributed by atoms with Gasteiger partial charge in [0.15, 0.2) is 5.82 Å². The Morgan fingerprint density at radius 3 is 2.56 bits per heavy atom. The highest BCUT2D eigenvalue weighted by molar-refractivity contribution is 5.92. The van der Waals surface area contributed by atoms with Crippen molar-refractivity contribution >= 4 is 22.6 Å². The van der Waals surface area contributed by atoms with E-state index in [1.807, 2.05) is 19.1 Å². The molecule has 210 valence electrons. The fraction of sp³-hybridized carbons (Fsp3) is 0.536. The molecule has 0 spiro atoms. The van der Waals surface area contributed by atoms with Crippen LogP contribution in [0.3, 0.4) is 0 Å². The van der Waals surface area contributed by atoms with E-state index in [2.05, 4.69) is 25.6 Å². The maximum absolute atomic E-state index is 13.2. The van der Waals surface area contributed by atoms with Crippen LogP contribution in [0.4, 0.5) is 19.0 Å². The van der Waals surface area contributed by atoms with Crippen molar-refractivity contribution in [3.63, 3.8) is 0 Å². The van der Waals surface area contributed by atoms with Crippen LogP contribution in [0.2, 0.25) is 0 Å². The van der Waals surface area contributed by atoms with Gasteiger partial charge in [-0.05, 0) is 63.3 Å². The topological polar surface area (TPSA) is 95.3 Å². The second-order valence-electron chi connectivity index (χ2n) is 11.0. The van der Waals surface area contributed by atoms with Crippen molar-refractivity contribution in [1.82, 2.24) is 25.0 Å². The van der Waals surface area contributed by atoms with Crippen LogP contribution in [-0.4, -0.2) is 68.6 Å². The van der Waals surface area contributed by atoms with Gasteiger partial charge < -0.3 is 15.7 Å². The zero-order valence-corrected chi connectivity index (χ0v) is 22.4. The molecule has 3 aromatic rings. The van der Waals surface area contributed by atoms with E-state index in [-0.39, 0.29) is 24.1 Å². The minimum atomic E-state index is -4.34. The molecule has 11 heteroatoms. The minimum absolute atomic E-state index is 0.0251. The first-order chi connectivity index (χ1) is 18.4. The van der Waals surface area contributed by atoms with E-state index in [0.717, 1.165) is 44.1 Å². The number of carbonyl (C=O) groups is 1. The quantitative estimate of drug-likeness (QED) is 0.417. The number of nitrogens with zero attached hydrogens (tertiary/aromatic N) is 4. The Bertz CT molecular complexity index is 1330. The number of halogens is 3. The summed E-state index contributed by atoms with van der Waals surface area (Å²) in [6.07, 6.45) is 0.567. The van der Waals surface area contributed by atoms with Crippen molar-refractivity contribution in [2.24, 2.45) is 7.05 Å². The van der Waals surface area contributed by atoms with E-state index >= 15 is 0 Å². The Kier molecular flexibility index (Phi) is 7.32. The van der Waals surface area contributed by atoms with Gasteiger partial charge in [0.2, 0.25) is 5.91 Å². The molecule has 2 aromatic heterocycles. The van der Waals surface area contributed by atoms with Gasteiger partial charge in [0.1, 0.15) is 0 Å². The largest absolute Gasteiger partial charge is 0.395 e. The molecule has 2 fully saturated rings. The van der Waals surface area contributed by atoms with E-state index in [1.165, 1.54) is 12.1 Å². The Hall–Kier alpha value is -3.18. The van der Waals surface area contributed by atoms with Gasteiger partial charge in [-0.2, -0.15) is 18.3 Å². The molecule has 0 bridgehead atoms. The summed E-state index contributed by atoms with van der Waals surface area (Å²) in [7, 11) is 1.72. The highest BCUT2D eigenvalue weighted by Crippen LogP contribution is 2.39. The van der Waals surface area contributed by atoms with Gasteiger partial charge in [-0.1, -0.05) is 12.1 Å². The summed E-state index contributed by atoms with van der Waals surface area (Å²) in [5, 5.41) is 22.0. The lowest BCUT2D eigenvalue weighted by Crippen LogP contribution is -2.63. The van der Waals surface area contributed by atoms with Gasteiger partial charge in [0.05, 0.1) is 29.6 Å². The molecule has 1 saturated carbocycles. The summed E-state index contributed by atoms with van der Waals surface area (Å²) in [5.74, 6) is -1.41. The number of amides is 1. The molecule has 1 amide bonds. The number of rotatable bonds is 7. The van der Waals surface area contributed by atoms with Crippen LogP contribution in [0.5, 0.6) is 0 Å². The van der Waals surface area contributed by atoms with Crippen molar-refractivity contribution in [1.29, 1.82) is 0 Å². The number of hydrogen-bond donors (Lipinski definition) is 3. The Morgan fingerprint density at radius 1 is 1.21 bits per heavy atom. The molecule has 2 aliphatic rings. The molecule has 0 radical (unpaired) electrons. The van der Waals surface area contributed by atoms with Crippen molar-refractivity contribution in [2.75, 3.05) is 25.0 Å². The van der Waals surface area contributed by atoms with Crippen LogP contribution in [-0.2, 0) is 17.4 Å². The zero-order chi connectivity index (χ0) is 27.9. The van der Waals surface area contributed by atoms with Gasteiger partial charge in [-0.3, -0.25) is 19.4 Å². The molecule has 1 aliphatic carbocycles. The third kappa shape index (κ3) is 5.74. The number of carbonyl (C=O) groups excluding carboxylic acids is 1. The number of fused-ring (bicyclic) bond motifs is 1. The fourth-order valence-corrected chi connectivity index (χ4v) is 5.69. The highest BCUT2D eigenvalue weighted by Gasteiger charge is 2.40. The number of hydrogen-bond acceptors (Lipinski definition) is 6. The van der Waals surface area contributed by atoms with Gasteiger partial charge in [-0.15, -0.1) is 0 Å². The first-order valence-electron chi connectivity index (χ1n) is 13.4. The van der Waals surface area contributed by atoms with Gasteiger partial charge in [-0.25, -0.2) is 0 Å². The first-order valence-corrected chi connectivity index (χ1v) is 13.4. The van der Waals surface area contributed by atoms with Crippen LogP contribution in [0, 0.1) is 6.92 Å². The van der Waals surface area contributed by atoms with Gasteiger partial charge in [0, 0.05) is 49.0 Å². The third-order valence-electron chi connectivity index (χ3n) is 8.30. The molecule has 5 rings (SSSR count). The maximum Gasteiger partial charge on any atom is 0.395 e. The fourth-order valence-electron chi connectivity index (χ4n) is 5.69. The van der Waals surface area contributed by atoms with Crippen LogP contribution in [0.15, 0.2) is 36.5 Å². The van der Waals surface area contributed by atoms with Crippen LogP contribution >= 0.6 is 0 Å². The molecule has 1 aliphatic heterocycles. The smallest absolute Gasteiger partial charge is 0.385 e. The molecule has 3 N–H and O–H groups in total. The van der Waals surface area contributed by atoms with Crippen LogP contribution < -0.4 is 10.6 Å². The lowest BCUT2D eigenvalue weighted by Gasteiger charge is -2.48. The Labute approximate surface area is 225 Å². The number of pyridine rings is 1. The van der Waals surface area contributed by atoms with Crippen LogP contribution in [0.25, 0.3) is 10.9 Å². The van der Waals surface area contributed by atoms with Crippen molar-refractivity contribution < 1.29 is 23.1 Å². The minimum Gasteiger partial charge on any atom is -0.385 e. The standard InChI is InChI=1S/C28H35F3N6O2/c1-17-4-6-20(13-32-17)27(39)10-8-22(9-11-27)37-15-21(16-37)34-25(38)14-33-26-23-12-19(18(2)28(29,30)31)5-7-24(23)36(3)35-26/h4-7,12-13,18,21-22,39H,8-11,14-16H2,1-3H3,(H,33,35)(H,34,38)/t18?,22-,27-. The SMILES string of the molecule is Cc1ccc([C@]2(O)CC[C@H](N3CC(NC(=O)CNc4nn(C)c5ccc(C(C)C(F)(F)F)cc45)C3)CC2)cn1. The lowest BCUT2D eigenvalue weighted by atomic mass is 9.77. The average Bonchev–Trinajstić information content (AvgIpc) is 3.19. The predicted molar refractivity (Wildman–Crippen MR) is 142 cm³/mol. The Balaban J connectivity index is 1.10. The van der Waals surface area contributed by atoms with Crippen molar-refractivity contribution in [3.8, 4) is 0 Å². The summed E-state index contributed by atoms with van der Waals surface area (Å²) in [6, 6.07) is 8.89. The maximum atomic E-state index is 13.2.